The van der Waals surface area contributed by atoms with Gasteiger partial charge in [-0.3, -0.25) is 43.8 Å². The SMILES string of the molecule is N=C(N)NCCC[C@H](NC(=O)[C@@H](CC(=O)O)NC(=O)[C@H](Cc1ccccc1)NC(=O)[C@H](CCCCN)NC(=O)[C@@H](N)Cc1c[nH]c2ccccc12)C(=O)N[C@@H](Cc1ccc(O)cc1)C(=O)N[C@H](Cc1c[nH]cn1)C(=O)N[C@@H](CCCCN)C(=O)O. The number of para-hydroxylation sites is 1. The number of phenols is 1. The van der Waals surface area contributed by atoms with Crippen molar-refractivity contribution in [3.63, 3.8) is 0 Å². The molecule has 2 heterocycles. The second-order valence-corrected chi connectivity index (χ2v) is 20.4. The van der Waals surface area contributed by atoms with Crippen LogP contribution < -0.4 is 65.5 Å². The van der Waals surface area contributed by atoms with E-state index in [4.69, 9.17) is 28.3 Å². The maximum Gasteiger partial charge on any atom is 0.326 e. The number of aromatic nitrogens is 3. The van der Waals surface area contributed by atoms with Gasteiger partial charge in [0.05, 0.1) is 24.5 Å². The second-order valence-electron chi connectivity index (χ2n) is 20.4. The van der Waals surface area contributed by atoms with Gasteiger partial charge in [0.15, 0.2) is 5.96 Å². The van der Waals surface area contributed by atoms with Crippen molar-refractivity contribution in [2.24, 2.45) is 22.9 Å². The Kier molecular flexibility index (Phi) is 26.8. The Balaban J connectivity index is 1.40. The van der Waals surface area contributed by atoms with Crippen molar-refractivity contribution >= 4 is 70.2 Å². The molecule has 8 atom stereocenters. The van der Waals surface area contributed by atoms with Crippen LogP contribution in [-0.4, -0.2) is 157 Å². The number of imidazole rings is 1. The van der Waals surface area contributed by atoms with Crippen LogP contribution in [0.3, 0.4) is 0 Å². The lowest BCUT2D eigenvalue weighted by Crippen LogP contribution is -2.61. The molecule has 0 fully saturated rings. The van der Waals surface area contributed by atoms with Crippen molar-refractivity contribution in [3.8, 4) is 5.75 Å². The number of carboxylic acids is 2. The highest BCUT2D eigenvalue weighted by molar-refractivity contribution is 5.99. The molecule has 458 valence electrons. The third-order valence-electron chi connectivity index (χ3n) is 13.7. The van der Waals surface area contributed by atoms with Gasteiger partial charge in [-0.25, -0.2) is 9.78 Å². The van der Waals surface area contributed by atoms with E-state index < -0.39 is 114 Å². The maximum absolute atomic E-state index is 14.6. The molecule has 28 heteroatoms. The number of H-pyrrole nitrogens is 2. The first-order valence-corrected chi connectivity index (χ1v) is 27.9. The largest absolute Gasteiger partial charge is 0.508 e. The molecule has 0 unspecified atom stereocenters. The number of benzene rings is 3. The number of nitrogens with one attached hydrogen (secondary N) is 11. The topological polar surface area (TPSA) is 483 Å². The first kappa shape index (κ1) is 66.4. The van der Waals surface area contributed by atoms with Crippen molar-refractivity contribution in [3.05, 3.63) is 120 Å². The molecule has 0 bridgehead atoms. The number of amides is 7. The monoisotopic (exact) mass is 1180 g/mol. The standard InChI is InChI=1S/C57H78N16O12/c58-22-8-6-15-41(67-49(77)39(60)27-35-30-65-40-14-5-4-13-38(35)40)50(78)70-44(25-33-11-2-1-3-12-33)53(81)73-47(29-48(75)76)55(83)68-42(17-10-24-64-57(61)62)51(79)71-45(26-34-18-20-37(74)21-19-34)52(80)72-46(28-36-31-63-32-66-36)54(82)69-43(56(84)85)16-7-9-23-59/h1-5,11-14,18-21,30-32,39,41-47,65,74H,6-10,15-17,22-29,58-60H2,(H,63,66)(H,67,77)(H,68,83)(H,69,82)(H,70,78)(H,71,79)(H,72,80)(H,73,81)(H,75,76)(H,84,85)(H4,61,62,64)/t39-,41-,42-,43-,44-,45-,46+,47+/m0/s1. The zero-order valence-electron chi connectivity index (χ0n) is 46.9. The lowest BCUT2D eigenvalue weighted by molar-refractivity contribution is -0.143. The molecule has 0 spiro atoms. The Labute approximate surface area is 490 Å². The van der Waals surface area contributed by atoms with Gasteiger partial charge in [0.1, 0.15) is 48.0 Å². The van der Waals surface area contributed by atoms with Crippen LogP contribution in [0.5, 0.6) is 5.75 Å². The summed E-state index contributed by atoms with van der Waals surface area (Å²) in [6, 6.07) is 9.81. The van der Waals surface area contributed by atoms with Gasteiger partial charge in [-0.1, -0.05) is 60.7 Å². The van der Waals surface area contributed by atoms with Crippen molar-refractivity contribution in [1.82, 2.24) is 57.5 Å². The van der Waals surface area contributed by atoms with Gasteiger partial charge in [0.25, 0.3) is 0 Å². The molecule has 5 aromatic rings. The third kappa shape index (κ3) is 22.4. The van der Waals surface area contributed by atoms with Crippen molar-refractivity contribution in [2.75, 3.05) is 19.6 Å². The summed E-state index contributed by atoms with van der Waals surface area (Å²) in [5.41, 5.74) is 26.1. The molecule has 0 saturated heterocycles. The number of phenolic OH excluding ortho intramolecular Hbond substituents is 1. The first-order valence-electron chi connectivity index (χ1n) is 27.9. The molecule has 7 amide bonds. The highest BCUT2D eigenvalue weighted by Gasteiger charge is 2.36. The zero-order chi connectivity index (χ0) is 61.8. The number of carboxylic acid groups (broad SMARTS) is 2. The lowest BCUT2D eigenvalue weighted by Gasteiger charge is -2.28. The fourth-order valence-electron chi connectivity index (χ4n) is 9.19. The fourth-order valence-corrected chi connectivity index (χ4v) is 9.19. The molecule has 85 heavy (non-hydrogen) atoms. The molecule has 5 rings (SSSR count). The van der Waals surface area contributed by atoms with E-state index in [1.54, 1.807) is 36.5 Å². The fraction of sp³-hybridized carbons (Fsp3) is 0.421. The minimum absolute atomic E-state index is 0.000196. The van der Waals surface area contributed by atoms with E-state index in [1.807, 2.05) is 24.3 Å². The van der Waals surface area contributed by atoms with E-state index in [0.717, 1.165) is 16.5 Å². The summed E-state index contributed by atoms with van der Waals surface area (Å²) < 4.78 is 0. The Morgan fingerprint density at radius 3 is 1.58 bits per heavy atom. The van der Waals surface area contributed by atoms with Crippen LogP contribution in [0.1, 0.15) is 80.2 Å². The Morgan fingerprint density at radius 2 is 1.02 bits per heavy atom. The number of hydrogen-bond donors (Lipinski definition) is 18. The Bertz CT molecular complexity index is 3020. The zero-order valence-corrected chi connectivity index (χ0v) is 46.9. The van der Waals surface area contributed by atoms with E-state index in [9.17, 15) is 58.5 Å². The summed E-state index contributed by atoms with van der Waals surface area (Å²) in [6.45, 7) is 0.569. The summed E-state index contributed by atoms with van der Waals surface area (Å²) in [5, 5.41) is 59.2. The summed E-state index contributed by atoms with van der Waals surface area (Å²) in [6.07, 6.45) is 4.57. The van der Waals surface area contributed by atoms with Crippen LogP contribution in [0.2, 0.25) is 0 Å². The maximum atomic E-state index is 14.6. The number of hydrogen-bond acceptors (Lipinski definition) is 15. The quantitative estimate of drug-likeness (QED) is 0.0124. The minimum atomic E-state index is -1.91. The molecular weight excluding hydrogens is 1100 g/mol. The van der Waals surface area contributed by atoms with Gasteiger partial charge in [0, 0.05) is 49.1 Å². The molecule has 0 aliphatic rings. The van der Waals surface area contributed by atoms with Gasteiger partial charge < -0.3 is 90.8 Å². The molecule has 3 aromatic carbocycles. The number of unbranched alkanes of at least 4 members (excludes halogenated alkanes) is 2. The smallest absolute Gasteiger partial charge is 0.326 e. The average Bonchev–Trinajstić information content (AvgIpc) is 4.14. The molecule has 0 aliphatic carbocycles. The molecular formula is C57H78N16O12. The summed E-state index contributed by atoms with van der Waals surface area (Å²) in [7, 11) is 0. The predicted octanol–water partition coefficient (Wildman–Crippen LogP) is -1.33. The normalized spacial score (nSPS) is 13.9. The number of aromatic amines is 2. The highest BCUT2D eigenvalue weighted by atomic mass is 16.4. The molecule has 22 N–H and O–H groups in total. The van der Waals surface area contributed by atoms with E-state index in [1.165, 1.54) is 36.8 Å². The predicted molar refractivity (Wildman–Crippen MR) is 313 cm³/mol. The van der Waals surface area contributed by atoms with Crippen molar-refractivity contribution in [1.29, 1.82) is 5.41 Å². The summed E-state index contributed by atoms with van der Waals surface area (Å²) >= 11 is 0. The number of nitrogens with zero attached hydrogens (tertiary/aromatic N) is 1. The average molecular weight is 1180 g/mol. The van der Waals surface area contributed by atoms with Gasteiger partial charge in [-0.2, -0.15) is 0 Å². The van der Waals surface area contributed by atoms with E-state index in [0.29, 0.717) is 42.5 Å². The number of guanidine groups is 1. The number of aromatic hydroxyl groups is 1. The molecule has 28 nitrogen and oxygen atoms in total. The Hall–Kier alpha value is -9.41. The van der Waals surface area contributed by atoms with Gasteiger partial charge in [0.2, 0.25) is 41.4 Å². The summed E-state index contributed by atoms with van der Waals surface area (Å²) in [4.78, 5) is 135. The molecule has 0 radical (unpaired) electrons. The molecule has 0 saturated carbocycles. The van der Waals surface area contributed by atoms with Gasteiger partial charge in [-0.05, 0) is 106 Å². The molecule has 0 aliphatic heterocycles. The number of carbonyl (C=O) groups excluding carboxylic acids is 7. The van der Waals surface area contributed by atoms with Gasteiger partial charge >= 0.3 is 11.9 Å². The number of aliphatic carboxylic acids is 2. The van der Waals surface area contributed by atoms with Crippen LogP contribution in [0.4, 0.5) is 0 Å². The Morgan fingerprint density at radius 1 is 0.541 bits per heavy atom. The van der Waals surface area contributed by atoms with Crippen molar-refractivity contribution in [2.45, 2.75) is 132 Å². The first-order chi connectivity index (χ1) is 40.7. The number of fused-ring (bicyclic) bond motifs is 1. The van der Waals surface area contributed by atoms with E-state index in [2.05, 4.69) is 57.5 Å². The number of rotatable bonds is 37. The van der Waals surface area contributed by atoms with E-state index >= 15 is 0 Å². The van der Waals surface area contributed by atoms with Gasteiger partial charge in [-0.15, -0.1) is 0 Å². The third-order valence-corrected chi connectivity index (χ3v) is 13.7. The van der Waals surface area contributed by atoms with Crippen LogP contribution in [-0.2, 0) is 68.8 Å². The number of nitrogens with two attached hydrogens (primary N) is 4. The highest BCUT2D eigenvalue weighted by Crippen LogP contribution is 2.20. The summed E-state index contributed by atoms with van der Waals surface area (Å²) in [5.74, 6) is -9.89. The van der Waals surface area contributed by atoms with Crippen LogP contribution in [0.25, 0.3) is 10.9 Å². The number of carbonyl (C=O) groups is 9. The van der Waals surface area contributed by atoms with Crippen LogP contribution in [0.15, 0.2) is 97.6 Å². The van der Waals surface area contributed by atoms with Crippen LogP contribution >= 0.6 is 0 Å². The van der Waals surface area contributed by atoms with E-state index in [-0.39, 0.29) is 76.8 Å². The molecule has 2 aromatic heterocycles. The second kappa shape index (κ2) is 34.3. The minimum Gasteiger partial charge on any atom is -0.508 e. The lowest BCUT2D eigenvalue weighted by atomic mass is 10.0. The van der Waals surface area contributed by atoms with Crippen molar-refractivity contribution < 1.29 is 58.5 Å². The van der Waals surface area contributed by atoms with Crippen LogP contribution in [0, 0.1) is 5.41 Å².